The third-order valence-electron chi connectivity index (χ3n) is 4.37. The Morgan fingerprint density at radius 1 is 0.957 bits per heavy atom. The largest absolute Gasteiger partial charge is 0.369 e. The van der Waals surface area contributed by atoms with Gasteiger partial charge in [0.05, 0.1) is 5.92 Å². The van der Waals surface area contributed by atoms with E-state index >= 15 is 0 Å². The molecule has 1 atom stereocenters. The summed E-state index contributed by atoms with van der Waals surface area (Å²) < 4.78 is 0. The van der Waals surface area contributed by atoms with Crippen molar-refractivity contribution in [1.29, 1.82) is 0 Å². The van der Waals surface area contributed by atoms with Crippen LogP contribution >= 0.6 is 0 Å². The van der Waals surface area contributed by atoms with Gasteiger partial charge in [-0.05, 0) is 31.1 Å². The molecule has 0 aliphatic carbocycles. The third-order valence-corrected chi connectivity index (χ3v) is 4.37. The minimum Gasteiger partial charge on any atom is -0.369 e. The quantitative estimate of drug-likeness (QED) is 0.796. The van der Waals surface area contributed by atoms with Crippen LogP contribution in [0.15, 0.2) is 60.7 Å². The highest BCUT2D eigenvalue weighted by Crippen LogP contribution is 2.31. The molecule has 0 aliphatic heterocycles. The number of aliphatic hydroxyl groups is 1. The molecule has 2 rings (SSSR count). The standard InChI is InChI=1S/C20H25NO2/c1-4-21(5-2)20(3,23)19(22)18(16-12-8-6-9-13-16)17-14-10-7-11-15-17/h6-15,18,23H,4-5H2,1-3H3. The van der Waals surface area contributed by atoms with Crippen molar-refractivity contribution < 1.29 is 9.90 Å². The Balaban J connectivity index is 2.48. The van der Waals surface area contributed by atoms with Crippen molar-refractivity contribution in [3.8, 4) is 0 Å². The molecule has 0 heterocycles. The fourth-order valence-electron chi connectivity index (χ4n) is 3.05. The zero-order valence-corrected chi connectivity index (χ0v) is 14.1. The van der Waals surface area contributed by atoms with Crippen LogP contribution in [-0.2, 0) is 4.79 Å². The summed E-state index contributed by atoms with van der Waals surface area (Å²) in [5.74, 6) is -0.674. The van der Waals surface area contributed by atoms with Crippen molar-refractivity contribution in [1.82, 2.24) is 4.90 Å². The smallest absolute Gasteiger partial charge is 0.191 e. The van der Waals surface area contributed by atoms with Gasteiger partial charge in [0.2, 0.25) is 0 Å². The maximum Gasteiger partial charge on any atom is 0.191 e. The molecule has 0 aliphatic rings. The van der Waals surface area contributed by atoms with Gasteiger partial charge < -0.3 is 5.11 Å². The summed E-state index contributed by atoms with van der Waals surface area (Å²) in [6.45, 7) is 6.73. The van der Waals surface area contributed by atoms with Gasteiger partial charge in [0.25, 0.3) is 0 Å². The second-order valence-corrected chi connectivity index (χ2v) is 5.81. The van der Waals surface area contributed by atoms with E-state index in [-0.39, 0.29) is 5.78 Å². The van der Waals surface area contributed by atoms with Gasteiger partial charge in [0.15, 0.2) is 11.5 Å². The fraction of sp³-hybridized carbons (Fsp3) is 0.350. The molecule has 2 aromatic carbocycles. The molecule has 0 saturated heterocycles. The van der Waals surface area contributed by atoms with Crippen LogP contribution in [0.2, 0.25) is 0 Å². The first-order valence-electron chi connectivity index (χ1n) is 8.14. The first-order chi connectivity index (χ1) is 11.0. The van der Waals surface area contributed by atoms with Gasteiger partial charge in [0.1, 0.15) is 0 Å². The number of Topliss-reactive ketones (excluding diaryl/α,β-unsaturated/α-hetero) is 1. The molecule has 0 aromatic heterocycles. The van der Waals surface area contributed by atoms with Crippen LogP contribution in [0.5, 0.6) is 0 Å². The third kappa shape index (κ3) is 3.69. The predicted molar refractivity (Wildman–Crippen MR) is 93.3 cm³/mol. The number of nitrogens with zero attached hydrogens (tertiary/aromatic N) is 1. The van der Waals surface area contributed by atoms with Gasteiger partial charge in [-0.1, -0.05) is 74.5 Å². The van der Waals surface area contributed by atoms with Crippen LogP contribution in [0.4, 0.5) is 0 Å². The minimum atomic E-state index is -1.50. The molecule has 122 valence electrons. The van der Waals surface area contributed by atoms with Gasteiger partial charge >= 0.3 is 0 Å². The Kier molecular flexibility index (Phi) is 5.69. The topological polar surface area (TPSA) is 40.5 Å². The lowest BCUT2D eigenvalue weighted by atomic mass is 9.83. The Bertz CT molecular complexity index is 579. The second-order valence-electron chi connectivity index (χ2n) is 5.81. The second kappa shape index (κ2) is 7.53. The van der Waals surface area contributed by atoms with E-state index in [2.05, 4.69) is 0 Å². The molecule has 3 heteroatoms. The van der Waals surface area contributed by atoms with Crippen molar-refractivity contribution in [3.63, 3.8) is 0 Å². The van der Waals surface area contributed by atoms with E-state index in [1.54, 1.807) is 11.8 Å². The number of ketones is 1. The number of likely N-dealkylation sites (N-methyl/N-ethyl adjacent to an activating group) is 1. The zero-order valence-electron chi connectivity index (χ0n) is 14.1. The summed E-state index contributed by atoms with van der Waals surface area (Å²) in [6, 6.07) is 19.3. The van der Waals surface area contributed by atoms with Gasteiger partial charge in [0, 0.05) is 0 Å². The molecule has 1 unspecified atom stereocenters. The number of carbonyl (C=O) groups is 1. The van der Waals surface area contributed by atoms with E-state index in [0.717, 1.165) is 11.1 Å². The van der Waals surface area contributed by atoms with Crippen LogP contribution in [0.25, 0.3) is 0 Å². The molecule has 0 fully saturated rings. The molecule has 0 bridgehead atoms. The number of hydrogen-bond donors (Lipinski definition) is 1. The van der Waals surface area contributed by atoms with E-state index in [4.69, 9.17) is 0 Å². The van der Waals surface area contributed by atoms with E-state index < -0.39 is 11.6 Å². The average molecular weight is 311 g/mol. The summed E-state index contributed by atoms with van der Waals surface area (Å²) in [6.07, 6.45) is 0. The molecule has 2 aromatic rings. The van der Waals surface area contributed by atoms with Crippen LogP contribution in [0, 0.1) is 0 Å². The van der Waals surface area contributed by atoms with Gasteiger partial charge in [-0.25, -0.2) is 0 Å². The Morgan fingerprint density at radius 2 is 1.35 bits per heavy atom. The minimum absolute atomic E-state index is 0.196. The highest BCUT2D eigenvalue weighted by molar-refractivity contribution is 5.95. The lowest BCUT2D eigenvalue weighted by molar-refractivity contribution is -0.157. The average Bonchev–Trinajstić information content (AvgIpc) is 2.58. The maximum atomic E-state index is 13.2. The lowest BCUT2D eigenvalue weighted by Crippen LogP contribution is -2.54. The summed E-state index contributed by atoms with van der Waals surface area (Å²) in [7, 11) is 0. The number of benzene rings is 2. The van der Waals surface area contributed by atoms with E-state index in [9.17, 15) is 9.90 Å². The van der Waals surface area contributed by atoms with Crippen LogP contribution < -0.4 is 0 Å². The van der Waals surface area contributed by atoms with Gasteiger partial charge in [-0.2, -0.15) is 0 Å². The van der Waals surface area contributed by atoms with E-state index in [1.165, 1.54) is 0 Å². The molecule has 1 N–H and O–H groups in total. The van der Waals surface area contributed by atoms with Crippen molar-refractivity contribution in [3.05, 3.63) is 71.8 Å². The van der Waals surface area contributed by atoms with Crippen LogP contribution in [0.3, 0.4) is 0 Å². The molecule has 3 nitrogen and oxygen atoms in total. The van der Waals surface area contributed by atoms with Crippen molar-refractivity contribution >= 4 is 5.78 Å². The fourth-order valence-corrected chi connectivity index (χ4v) is 3.05. The normalized spacial score (nSPS) is 14.0. The molecule has 0 saturated carbocycles. The SMILES string of the molecule is CCN(CC)C(C)(O)C(=O)C(c1ccccc1)c1ccccc1. The van der Waals surface area contributed by atoms with Crippen molar-refractivity contribution in [2.24, 2.45) is 0 Å². The highest BCUT2D eigenvalue weighted by Gasteiger charge is 2.40. The van der Waals surface area contributed by atoms with Gasteiger partial charge in [-0.15, -0.1) is 0 Å². The van der Waals surface area contributed by atoms with Gasteiger partial charge in [-0.3, -0.25) is 9.69 Å². The monoisotopic (exact) mass is 311 g/mol. The molecule has 0 spiro atoms. The highest BCUT2D eigenvalue weighted by atomic mass is 16.3. The summed E-state index contributed by atoms with van der Waals surface area (Å²) >= 11 is 0. The number of carbonyl (C=O) groups excluding carboxylic acids is 1. The molecular formula is C20H25NO2. The predicted octanol–water partition coefficient (Wildman–Crippen LogP) is 3.44. The number of rotatable bonds is 7. The van der Waals surface area contributed by atoms with E-state index in [0.29, 0.717) is 13.1 Å². The summed E-state index contributed by atoms with van der Waals surface area (Å²) in [5.41, 5.74) is 0.298. The van der Waals surface area contributed by atoms with Crippen molar-refractivity contribution in [2.75, 3.05) is 13.1 Å². The summed E-state index contributed by atoms with van der Waals surface area (Å²) in [4.78, 5) is 15.0. The Labute approximate surface area is 138 Å². The van der Waals surface area contributed by atoms with E-state index in [1.807, 2.05) is 74.5 Å². The molecule has 23 heavy (non-hydrogen) atoms. The van der Waals surface area contributed by atoms with Crippen LogP contribution in [-0.4, -0.2) is 34.6 Å². The summed E-state index contributed by atoms with van der Waals surface area (Å²) in [5, 5.41) is 10.9. The maximum absolute atomic E-state index is 13.2. The Morgan fingerprint density at radius 3 is 1.70 bits per heavy atom. The molecule has 0 amide bonds. The first kappa shape index (κ1) is 17.4. The Hall–Kier alpha value is -1.97. The molecule has 0 radical (unpaired) electrons. The molecular weight excluding hydrogens is 286 g/mol. The first-order valence-corrected chi connectivity index (χ1v) is 8.14. The number of hydrogen-bond acceptors (Lipinski definition) is 3. The zero-order chi connectivity index (χ0) is 16.9. The van der Waals surface area contributed by atoms with Crippen LogP contribution in [0.1, 0.15) is 37.8 Å². The lowest BCUT2D eigenvalue weighted by Gasteiger charge is -2.36. The van der Waals surface area contributed by atoms with Crippen molar-refractivity contribution in [2.45, 2.75) is 32.4 Å².